The molecule has 0 saturated heterocycles. The van der Waals surface area contributed by atoms with Crippen molar-refractivity contribution in [1.82, 2.24) is 5.43 Å². The number of nitrogens with zero attached hydrogens (tertiary/aromatic N) is 1. The highest BCUT2D eigenvalue weighted by molar-refractivity contribution is 5.87. The van der Waals surface area contributed by atoms with Crippen LogP contribution < -0.4 is 19.6 Å². The number of nitrogens with one attached hydrogen (secondary N) is 1. The van der Waals surface area contributed by atoms with Crippen LogP contribution in [0.4, 0.5) is 0 Å². The van der Waals surface area contributed by atoms with Gasteiger partial charge >= 0.3 is 0 Å². The van der Waals surface area contributed by atoms with Crippen molar-refractivity contribution in [3.05, 3.63) is 17.7 Å². The van der Waals surface area contributed by atoms with E-state index in [0.717, 1.165) is 24.8 Å². The first kappa shape index (κ1) is 20.0. The summed E-state index contributed by atoms with van der Waals surface area (Å²) in [6, 6.07) is 3.62. The highest BCUT2D eigenvalue weighted by Gasteiger charge is 2.62. The Morgan fingerprint density at radius 3 is 2.07 bits per heavy atom. The van der Waals surface area contributed by atoms with E-state index in [2.05, 4.69) is 24.4 Å². The molecule has 2 unspecified atom stereocenters. The molecule has 6 heteroatoms. The van der Waals surface area contributed by atoms with Crippen molar-refractivity contribution in [2.75, 3.05) is 21.3 Å². The second kappa shape index (κ2) is 6.92. The summed E-state index contributed by atoms with van der Waals surface area (Å²) in [6.45, 7) is 4.74. The normalized spacial score (nSPS) is 35.0. The van der Waals surface area contributed by atoms with Crippen molar-refractivity contribution < 1.29 is 19.0 Å². The van der Waals surface area contributed by atoms with Gasteiger partial charge in [0.15, 0.2) is 11.5 Å². The van der Waals surface area contributed by atoms with Gasteiger partial charge in [-0.3, -0.25) is 4.79 Å². The smallest absolute Gasteiger partial charge is 0.246 e. The van der Waals surface area contributed by atoms with E-state index in [1.165, 1.54) is 19.3 Å². The van der Waals surface area contributed by atoms with E-state index in [0.29, 0.717) is 34.0 Å². The van der Waals surface area contributed by atoms with Gasteiger partial charge in [-0.25, -0.2) is 5.43 Å². The minimum absolute atomic E-state index is 0.0720. The summed E-state index contributed by atoms with van der Waals surface area (Å²) in [5.41, 5.74) is 3.94. The van der Waals surface area contributed by atoms with E-state index in [1.807, 2.05) is 12.1 Å². The lowest BCUT2D eigenvalue weighted by atomic mass is 9.40. The lowest BCUT2D eigenvalue weighted by Gasteiger charge is -2.64. The fraction of sp³-hybridized carbons (Fsp3) is 0.652. The highest BCUT2D eigenvalue weighted by atomic mass is 16.5. The van der Waals surface area contributed by atoms with Crippen molar-refractivity contribution in [2.24, 2.45) is 27.3 Å². The Kier molecular flexibility index (Phi) is 4.79. The molecule has 0 aromatic heterocycles. The van der Waals surface area contributed by atoms with Crippen molar-refractivity contribution >= 4 is 12.1 Å². The van der Waals surface area contributed by atoms with Gasteiger partial charge in [-0.15, -0.1) is 0 Å². The minimum atomic E-state index is -0.268. The zero-order valence-electron chi connectivity index (χ0n) is 18.1. The second-order valence-corrected chi connectivity index (χ2v) is 10.1. The van der Waals surface area contributed by atoms with Crippen LogP contribution >= 0.6 is 0 Å². The quantitative estimate of drug-likeness (QED) is 0.575. The first-order valence-corrected chi connectivity index (χ1v) is 10.4. The van der Waals surface area contributed by atoms with Gasteiger partial charge in [0.1, 0.15) is 0 Å². The molecule has 29 heavy (non-hydrogen) atoms. The number of amides is 1. The van der Waals surface area contributed by atoms with Crippen molar-refractivity contribution in [3.63, 3.8) is 0 Å². The van der Waals surface area contributed by atoms with Gasteiger partial charge in [-0.2, -0.15) is 5.10 Å². The predicted molar refractivity (Wildman–Crippen MR) is 112 cm³/mol. The molecule has 4 aliphatic carbocycles. The molecule has 0 aliphatic heterocycles. The third-order valence-electron chi connectivity index (χ3n) is 7.17. The number of hydrazone groups is 1. The SMILES string of the molecule is COc1cc(/C=N/NC(=O)C23CC4CC(C)(CC(C)(C4)C2)C3)cc(OC)c1OC. The monoisotopic (exact) mass is 400 g/mol. The molecule has 1 aromatic carbocycles. The maximum absolute atomic E-state index is 13.2. The number of benzene rings is 1. The van der Waals surface area contributed by atoms with E-state index >= 15 is 0 Å². The fourth-order valence-electron chi connectivity index (χ4n) is 7.16. The molecule has 6 nitrogen and oxygen atoms in total. The molecule has 4 saturated carbocycles. The Morgan fingerprint density at radius 1 is 1.00 bits per heavy atom. The van der Waals surface area contributed by atoms with E-state index in [9.17, 15) is 4.79 Å². The number of carbonyl (C=O) groups excluding carboxylic acids is 1. The molecule has 1 N–H and O–H groups in total. The van der Waals surface area contributed by atoms with Gasteiger partial charge in [0, 0.05) is 5.56 Å². The first-order valence-electron chi connectivity index (χ1n) is 10.4. The van der Waals surface area contributed by atoms with Crippen LogP contribution in [0.3, 0.4) is 0 Å². The van der Waals surface area contributed by atoms with Crippen LogP contribution in [0.1, 0.15) is 57.9 Å². The topological polar surface area (TPSA) is 69.2 Å². The minimum Gasteiger partial charge on any atom is -0.493 e. The first-order chi connectivity index (χ1) is 13.7. The molecule has 5 rings (SSSR count). The largest absolute Gasteiger partial charge is 0.493 e. The van der Waals surface area contributed by atoms with Crippen LogP contribution in [0, 0.1) is 22.2 Å². The maximum Gasteiger partial charge on any atom is 0.246 e. The summed E-state index contributed by atoms with van der Waals surface area (Å²) in [5.74, 6) is 2.39. The highest BCUT2D eigenvalue weighted by Crippen LogP contribution is 2.69. The molecule has 0 radical (unpaired) electrons. The van der Waals surface area contributed by atoms with E-state index < -0.39 is 0 Å². The Balaban J connectivity index is 1.51. The molecule has 158 valence electrons. The summed E-state index contributed by atoms with van der Waals surface area (Å²) in [6.07, 6.45) is 8.39. The van der Waals surface area contributed by atoms with Gasteiger partial charge in [-0.1, -0.05) is 13.8 Å². The van der Waals surface area contributed by atoms with Gasteiger partial charge in [0.25, 0.3) is 0 Å². The molecular formula is C23H32N2O4. The number of hydrogen-bond acceptors (Lipinski definition) is 5. The molecule has 1 amide bonds. The number of hydrogen-bond donors (Lipinski definition) is 1. The molecule has 4 fully saturated rings. The van der Waals surface area contributed by atoms with Crippen LogP contribution in [0.2, 0.25) is 0 Å². The summed E-state index contributed by atoms with van der Waals surface area (Å²) < 4.78 is 16.1. The molecular weight excluding hydrogens is 368 g/mol. The molecule has 2 atom stereocenters. The number of methoxy groups -OCH3 is 3. The van der Waals surface area contributed by atoms with Crippen LogP contribution in [-0.4, -0.2) is 33.5 Å². The summed E-state index contributed by atoms with van der Waals surface area (Å²) >= 11 is 0. The van der Waals surface area contributed by atoms with Crippen LogP contribution in [0.15, 0.2) is 17.2 Å². The third-order valence-corrected chi connectivity index (χ3v) is 7.17. The van der Waals surface area contributed by atoms with Crippen molar-refractivity contribution in [3.8, 4) is 17.2 Å². The van der Waals surface area contributed by atoms with Gasteiger partial charge in [0.2, 0.25) is 11.7 Å². The van der Waals surface area contributed by atoms with E-state index in [-0.39, 0.29) is 11.3 Å². The van der Waals surface area contributed by atoms with Gasteiger partial charge < -0.3 is 14.2 Å². The van der Waals surface area contributed by atoms with E-state index in [1.54, 1.807) is 27.5 Å². The average Bonchev–Trinajstić information content (AvgIpc) is 2.64. The standard InChI is InChI=1S/C23H32N2O4/c1-21-8-16-9-22(2,12-21)14-23(10-16,13-21)20(26)25-24-11-15-6-17(27-3)19(29-5)18(7-15)28-4/h6-7,11,16H,8-10,12-14H2,1-5H3,(H,25,26)/b24-11+. The third kappa shape index (κ3) is 3.47. The Hall–Kier alpha value is -2.24. The van der Waals surface area contributed by atoms with Crippen LogP contribution in [0.5, 0.6) is 17.2 Å². The Morgan fingerprint density at radius 2 is 1.59 bits per heavy atom. The molecule has 0 spiro atoms. The summed E-state index contributed by atoms with van der Waals surface area (Å²) in [4.78, 5) is 13.2. The van der Waals surface area contributed by atoms with Crippen LogP contribution in [0.25, 0.3) is 0 Å². The lowest BCUT2D eigenvalue weighted by Crippen LogP contribution is -2.59. The van der Waals surface area contributed by atoms with Crippen molar-refractivity contribution in [1.29, 1.82) is 0 Å². The summed E-state index contributed by atoms with van der Waals surface area (Å²) in [7, 11) is 4.73. The zero-order valence-corrected chi connectivity index (χ0v) is 18.1. The van der Waals surface area contributed by atoms with Crippen molar-refractivity contribution in [2.45, 2.75) is 52.4 Å². The zero-order chi connectivity index (χ0) is 20.9. The molecule has 0 heterocycles. The van der Waals surface area contributed by atoms with Crippen LogP contribution in [-0.2, 0) is 4.79 Å². The molecule has 4 bridgehead atoms. The fourth-order valence-corrected chi connectivity index (χ4v) is 7.16. The second-order valence-electron chi connectivity index (χ2n) is 10.1. The summed E-state index contributed by atoms with van der Waals surface area (Å²) in [5, 5.41) is 4.27. The lowest BCUT2D eigenvalue weighted by molar-refractivity contribution is -0.170. The Bertz CT molecular complexity index is 806. The predicted octanol–water partition coefficient (Wildman–Crippen LogP) is 4.16. The number of carbonyl (C=O) groups is 1. The maximum atomic E-state index is 13.2. The number of ether oxygens (including phenoxy) is 3. The average molecular weight is 401 g/mol. The Labute approximate surface area is 173 Å². The van der Waals surface area contributed by atoms with Gasteiger partial charge in [-0.05, 0) is 67.4 Å². The number of rotatable bonds is 6. The molecule has 4 aliphatic rings. The van der Waals surface area contributed by atoms with Gasteiger partial charge in [0.05, 0.1) is 33.0 Å². The van der Waals surface area contributed by atoms with E-state index in [4.69, 9.17) is 14.2 Å². The molecule has 1 aromatic rings.